The van der Waals surface area contributed by atoms with Crippen molar-refractivity contribution in [3.63, 3.8) is 0 Å². The van der Waals surface area contributed by atoms with Gasteiger partial charge < -0.3 is 9.52 Å². The lowest BCUT2D eigenvalue weighted by Gasteiger charge is -2.02. The summed E-state index contributed by atoms with van der Waals surface area (Å²) in [6.45, 7) is 0. The molecule has 1 saturated heterocycles. The summed E-state index contributed by atoms with van der Waals surface area (Å²) in [6, 6.07) is 7.97. The zero-order chi connectivity index (χ0) is 19.8. The molecule has 2 aromatic heterocycles. The summed E-state index contributed by atoms with van der Waals surface area (Å²) in [5, 5.41) is 20.1. The average Bonchev–Trinajstić information content (AvgIpc) is 3.38. The van der Waals surface area contributed by atoms with Crippen molar-refractivity contribution in [2.24, 2.45) is 0 Å². The van der Waals surface area contributed by atoms with Gasteiger partial charge in [0.05, 0.1) is 20.5 Å². The smallest absolute Gasteiger partial charge is 0.337 e. The third-order valence-electron chi connectivity index (χ3n) is 4.07. The molecular weight excluding hydrogens is 420 g/mol. The lowest BCUT2D eigenvalue weighted by atomic mass is 10.1. The number of rotatable bonds is 4. The summed E-state index contributed by atoms with van der Waals surface area (Å²) in [4.78, 5) is 28.5. The van der Waals surface area contributed by atoms with Crippen molar-refractivity contribution in [3.8, 4) is 11.3 Å². The summed E-state index contributed by atoms with van der Waals surface area (Å²) >= 11 is 8.34. The van der Waals surface area contributed by atoms with Gasteiger partial charge in [0, 0.05) is 17.1 Å². The van der Waals surface area contributed by atoms with E-state index < -0.39 is 11.9 Å². The second kappa shape index (κ2) is 7.38. The highest BCUT2D eigenvalue weighted by Crippen LogP contribution is 2.41. The molecule has 1 fully saturated rings. The van der Waals surface area contributed by atoms with Gasteiger partial charge >= 0.3 is 5.97 Å². The Labute approximate surface area is 172 Å². The molecule has 9 heteroatoms. The van der Waals surface area contributed by atoms with E-state index in [1.807, 2.05) is 0 Å². The number of aromatic nitrogens is 1. The molecule has 1 aliphatic rings. The summed E-state index contributed by atoms with van der Waals surface area (Å²) < 4.78 is 5.75. The first-order chi connectivity index (χ1) is 13.4. The van der Waals surface area contributed by atoms with Crippen molar-refractivity contribution >= 4 is 57.6 Å². The summed E-state index contributed by atoms with van der Waals surface area (Å²) in [6.07, 6.45) is 3.20. The number of hydrogen-bond donors (Lipinski definition) is 2. The number of furan rings is 1. The second-order valence-electron chi connectivity index (χ2n) is 5.84. The first-order valence-electron chi connectivity index (χ1n) is 7.98. The van der Waals surface area contributed by atoms with Crippen LogP contribution in [-0.2, 0) is 4.79 Å². The van der Waals surface area contributed by atoms with Crippen LogP contribution in [0, 0.1) is 5.41 Å². The minimum atomic E-state index is -1.12. The Balaban J connectivity index is 1.62. The molecule has 0 spiro atoms. The van der Waals surface area contributed by atoms with E-state index in [0.29, 0.717) is 27.0 Å². The van der Waals surface area contributed by atoms with E-state index in [9.17, 15) is 14.7 Å². The maximum absolute atomic E-state index is 12.7. The van der Waals surface area contributed by atoms with Crippen LogP contribution in [0.2, 0.25) is 5.02 Å². The molecule has 2 N–H and O–H groups in total. The van der Waals surface area contributed by atoms with E-state index in [2.05, 4.69) is 4.98 Å². The first kappa shape index (κ1) is 18.7. The molecular formula is C19H11ClN2O4S2. The number of carboxylic acid groups (broad SMARTS) is 1. The fraction of sp³-hybridized carbons (Fsp3) is 0.0526. The van der Waals surface area contributed by atoms with Crippen LogP contribution in [-0.4, -0.2) is 26.9 Å². The van der Waals surface area contributed by atoms with Gasteiger partial charge in [0.15, 0.2) is 5.78 Å². The van der Waals surface area contributed by atoms with Gasteiger partial charge in [-0.3, -0.25) is 10.2 Å². The Kier molecular flexibility index (Phi) is 4.92. The third-order valence-corrected chi connectivity index (χ3v) is 6.23. The number of ketones is 1. The molecule has 0 saturated carbocycles. The zero-order valence-electron chi connectivity index (χ0n) is 14.0. The molecule has 6 nitrogen and oxygen atoms in total. The number of nitrogens with one attached hydrogen (secondary N) is 1. The minimum Gasteiger partial charge on any atom is -0.478 e. The number of halogens is 1. The molecule has 1 aromatic carbocycles. The molecule has 0 amide bonds. The largest absolute Gasteiger partial charge is 0.478 e. The van der Waals surface area contributed by atoms with Crippen LogP contribution in [0.3, 0.4) is 0 Å². The fourth-order valence-electron chi connectivity index (χ4n) is 2.75. The maximum Gasteiger partial charge on any atom is 0.337 e. The molecule has 3 heterocycles. The molecule has 0 bridgehead atoms. The van der Waals surface area contributed by atoms with Crippen LogP contribution in [0.15, 0.2) is 51.2 Å². The molecule has 0 aliphatic carbocycles. The Hall–Kier alpha value is -2.68. The minimum absolute atomic E-state index is 0.0169. The molecule has 3 aromatic rings. The lowest BCUT2D eigenvalue weighted by Crippen LogP contribution is -2.11. The number of thiazole rings is 1. The summed E-state index contributed by atoms with van der Waals surface area (Å²) in [7, 11) is 0. The summed E-state index contributed by atoms with van der Waals surface area (Å²) in [5.74, 6) is -1.07. The highest BCUT2D eigenvalue weighted by atomic mass is 35.5. The number of carboxylic acids is 1. The summed E-state index contributed by atoms with van der Waals surface area (Å²) in [5.41, 5.74) is 0.544. The first-order valence-corrected chi connectivity index (χ1v) is 10.1. The maximum atomic E-state index is 12.7. The van der Waals surface area contributed by atoms with Crippen LogP contribution in [0.5, 0.6) is 0 Å². The van der Waals surface area contributed by atoms with Gasteiger partial charge in [-0.15, -0.1) is 11.3 Å². The fourth-order valence-corrected chi connectivity index (χ4v) is 4.73. The lowest BCUT2D eigenvalue weighted by molar-refractivity contribution is -0.114. The second-order valence-corrected chi connectivity index (χ2v) is 8.26. The van der Waals surface area contributed by atoms with Crippen molar-refractivity contribution in [2.45, 2.75) is 5.92 Å². The predicted octanol–water partition coefficient (Wildman–Crippen LogP) is 5.17. The Morgan fingerprint density at radius 2 is 2.14 bits per heavy atom. The zero-order valence-corrected chi connectivity index (χ0v) is 16.4. The van der Waals surface area contributed by atoms with Crippen molar-refractivity contribution in [1.82, 2.24) is 4.98 Å². The number of allylic oxidation sites excluding steroid dienone is 1. The molecule has 28 heavy (non-hydrogen) atoms. The van der Waals surface area contributed by atoms with E-state index in [4.69, 9.17) is 21.4 Å². The van der Waals surface area contributed by atoms with Crippen molar-refractivity contribution in [2.75, 3.05) is 0 Å². The third kappa shape index (κ3) is 3.42. The monoisotopic (exact) mass is 430 g/mol. The van der Waals surface area contributed by atoms with Gasteiger partial charge in [-0.1, -0.05) is 23.4 Å². The normalized spacial score (nSPS) is 18.2. The van der Waals surface area contributed by atoms with E-state index >= 15 is 0 Å². The number of carbonyl (C=O) groups is 2. The number of benzene rings is 1. The van der Waals surface area contributed by atoms with Gasteiger partial charge in [0.2, 0.25) is 0 Å². The Morgan fingerprint density at radius 3 is 2.86 bits per heavy atom. The molecule has 1 atom stereocenters. The SMILES string of the molecule is N=C1S/C(=C\c2ccc(-c3ccc(Cl)c(C(=O)O)c3)o2)C(=O)[C@@H]1c1nccs1. The molecule has 4 rings (SSSR count). The number of Topliss-reactive ketones (excluding diaryl/α,β-unsaturated/α-hetero) is 1. The van der Waals surface area contributed by atoms with Crippen LogP contribution >= 0.6 is 34.7 Å². The van der Waals surface area contributed by atoms with Crippen LogP contribution in [0.25, 0.3) is 17.4 Å². The Bertz CT molecular complexity index is 1130. The van der Waals surface area contributed by atoms with Gasteiger partial charge in [-0.2, -0.15) is 0 Å². The van der Waals surface area contributed by atoms with Gasteiger partial charge in [-0.05, 0) is 36.4 Å². The predicted molar refractivity (Wildman–Crippen MR) is 109 cm³/mol. The van der Waals surface area contributed by atoms with Gasteiger partial charge in [0.1, 0.15) is 22.4 Å². The quantitative estimate of drug-likeness (QED) is 0.553. The van der Waals surface area contributed by atoms with E-state index in [1.54, 1.807) is 35.9 Å². The number of aromatic carboxylic acids is 1. The number of carbonyl (C=O) groups excluding carboxylic acids is 1. The molecule has 1 aliphatic heterocycles. The average molecular weight is 431 g/mol. The van der Waals surface area contributed by atoms with Crippen LogP contribution in [0.4, 0.5) is 0 Å². The van der Waals surface area contributed by atoms with Crippen molar-refractivity contribution in [1.29, 1.82) is 5.41 Å². The van der Waals surface area contributed by atoms with Crippen molar-refractivity contribution < 1.29 is 19.1 Å². The molecule has 0 radical (unpaired) electrons. The standard InChI is InChI=1S/C19H11ClN2O4S2/c20-12-3-1-9(7-11(12)19(24)25)13-4-2-10(26-13)8-14-16(23)15(17(21)28-14)18-22-5-6-27-18/h1-8,15,21H,(H,24,25)/b14-8-,21-17?/t15-/m0/s1. The number of hydrogen-bond acceptors (Lipinski definition) is 7. The Morgan fingerprint density at radius 1 is 1.32 bits per heavy atom. The molecule has 140 valence electrons. The number of nitrogens with zero attached hydrogens (tertiary/aromatic N) is 1. The van der Waals surface area contributed by atoms with Gasteiger partial charge in [-0.25, -0.2) is 9.78 Å². The van der Waals surface area contributed by atoms with E-state index in [-0.39, 0.29) is 21.4 Å². The highest BCUT2D eigenvalue weighted by molar-refractivity contribution is 8.19. The van der Waals surface area contributed by atoms with E-state index in [1.165, 1.54) is 23.5 Å². The van der Waals surface area contributed by atoms with Crippen LogP contribution < -0.4 is 0 Å². The van der Waals surface area contributed by atoms with Gasteiger partial charge in [0.25, 0.3) is 0 Å². The highest BCUT2D eigenvalue weighted by Gasteiger charge is 2.38. The van der Waals surface area contributed by atoms with Crippen molar-refractivity contribution in [3.05, 3.63) is 68.2 Å². The number of thioether (sulfide) groups is 1. The van der Waals surface area contributed by atoms with Crippen LogP contribution in [0.1, 0.15) is 27.0 Å². The van der Waals surface area contributed by atoms with E-state index in [0.717, 1.165) is 11.8 Å². The molecule has 0 unspecified atom stereocenters. The topological polar surface area (TPSA) is 104 Å².